The van der Waals surface area contributed by atoms with Crippen LogP contribution in [0, 0.1) is 6.92 Å². The largest absolute Gasteiger partial charge is 0.337 e. The standard InChI is InChI=1S/C11H10N4O2/c1-6-10-9(16)5-7(13-11(10)17-14-6)8-3-4-12-15(8)2/h3-5H,1-2H3,(H,13,16). The number of nitrogens with zero attached hydrogens (tertiary/aromatic N) is 3. The molecule has 86 valence electrons. The Morgan fingerprint density at radius 3 is 3.00 bits per heavy atom. The molecule has 6 nitrogen and oxygen atoms in total. The number of hydrogen-bond acceptors (Lipinski definition) is 4. The molecule has 3 aromatic rings. The van der Waals surface area contributed by atoms with E-state index >= 15 is 0 Å². The van der Waals surface area contributed by atoms with E-state index in [0.717, 1.165) is 5.69 Å². The fourth-order valence-electron chi connectivity index (χ4n) is 1.88. The number of aryl methyl sites for hydroxylation is 2. The van der Waals surface area contributed by atoms with Gasteiger partial charge in [-0.3, -0.25) is 9.48 Å². The second-order valence-corrected chi connectivity index (χ2v) is 3.86. The Morgan fingerprint density at radius 2 is 2.29 bits per heavy atom. The Bertz CT molecular complexity index is 750. The zero-order chi connectivity index (χ0) is 12.0. The molecule has 0 bridgehead atoms. The lowest BCUT2D eigenvalue weighted by Crippen LogP contribution is -2.04. The molecule has 0 amide bonds. The monoisotopic (exact) mass is 230 g/mol. The number of nitrogens with one attached hydrogen (secondary N) is 1. The van der Waals surface area contributed by atoms with E-state index in [4.69, 9.17) is 4.52 Å². The van der Waals surface area contributed by atoms with Gasteiger partial charge in [0.2, 0.25) is 5.71 Å². The van der Waals surface area contributed by atoms with Crippen LogP contribution in [-0.4, -0.2) is 19.9 Å². The molecule has 0 saturated carbocycles. The maximum absolute atomic E-state index is 11.9. The van der Waals surface area contributed by atoms with Gasteiger partial charge in [0.15, 0.2) is 5.43 Å². The predicted octanol–water partition coefficient (Wildman–Crippen LogP) is 1.23. The fourth-order valence-corrected chi connectivity index (χ4v) is 1.88. The molecule has 0 aliphatic carbocycles. The summed E-state index contributed by atoms with van der Waals surface area (Å²) in [6.07, 6.45) is 1.67. The normalized spacial score (nSPS) is 11.2. The minimum absolute atomic E-state index is 0.103. The second kappa shape index (κ2) is 3.31. The molecule has 0 spiro atoms. The number of pyridine rings is 1. The number of fused-ring (bicyclic) bond motifs is 1. The fraction of sp³-hybridized carbons (Fsp3) is 0.182. The molecule has 0 radical (unpaired) electrons. The highest BCUT2D eigenvalue weighted by molar-refractivity contribution is 5.78. The first-order valence-corrected chi connectivity index (χ1v) is 5.14. The number of aromatic nitrogens is 4. The highest BCUT2D eigenvalue weighted by Gasteiger charge is 2.12. The molecule has 1 N–H and O–H groups in total. The molecule has 0 aliphatic rings. The molecular weight excluding hydrogens is 220 g/mol. The maximum atomic E-state index is 11.9. The third kappa shape index (κ3) is 1.37. The molecule has 6 heteroatoms. The van der Waals surface area contributed by atoms with Crippen LogP contribution in [0.3, 0.4) is 0 Å². The Balaban J connectivity index is 2.34. The lowest BCUT2D eigenvalue weighted by Gasteiger charge is -2.01. The van der Waals surface area contributed by atoms with Crippen molar-refractivity contribution in [2.24, 2.45) is 7.05 Å². The summed E-state index contributed by atoms with van der Waals surface area (Å²) in [6, 6.07) is 3.35. The van der Waals surface area contributed by atoms with Gasteiger partial charge in [0.25, 0.3) is 0 Å². The lowest BCUT2D eigenvalue weighted by molar-refractivity contribution is 0.443. The zero-order valence-corrected chi connectivity index (χ0v) is 9.39. The molecule has 17 heavy (non-hydrogen) atoms. The van der Waals surface area contributed by atoms with Gasteiger partial charge in [-0.2, -0.15) is 5.10 Å². The SMILES string of the molecule is Cc1noc2[nH]c(-c3ccnn3C)cc(=O)c12. The van der Waals surface area contributed by atoms with Gasteiger partial charge in [-0.1, -0.05) is 5.16 Å². The van der Waals surface area contributed by atoms with Crippen LogP contribution in [-0.2, 0) is 7.05 Å². The van der Waals surface area contributed by atoms with Crippen molar-refractivity contribution >= 4 is 11.1 Å². The van der Waals surface area contributed by atoms with Crippen LogP contribution in [0.1, 0.15) is 5.69 Å². The van der Waals surface area contributed by atoms with Crippen LogP contribution in [0.15, 0.2) is 27.6 Å². The first kappa shape index (κ1) is 9.83. The van der Waals surface area contributed by atoms with Gasteiger partial charge in [0.05, 0.1) is 17.1 Å². The summed E-state index contributed by atoms with van der Waals surface area (Å²) in [5.41, 5.74) is 2.37. The van der Waals surface area contributed by atoms with E-state index in [0.29, 0.717) is 22.5 Å². The molecule has 0 aliphatic heterocycles. The van der Waals surface area contributed by atoms with Crippen LogP contribution in [0.5, 0.6) is 0 Å². The van der Waals surface area contributed by atoms with Gasteiger partial charge in [0, 0.05) is 19.3 Å². The van der Waals surface area contributed by atoms with Crippen LogP contribution in [0.4, 0.5) is 0 Å². The van der Waals surface area contributed by atoms with Gasteiger partial charge in [-0.25, -0.2) is 0 Å². The summed E-state index contributed by atoms with van der Waals surface area (Å²) in [6.45, 7) is 1.74. The van der Waals surface area contributed by atoms with Crippen molar-refractivity contribution in [3.63, 3.8) is 0 Å². The van der Waals surface area contributed by atoms with Gasteiger partial charge in [0.1, 0.15) is 5.39 Å². The summed E-state index contributed by atoms with van der Waals surface area (Å²) in [5, 5.41) is 8.33. The van der Waals surface area contributed by atoms with E-state index in [2.05, 4.69) is 15.2 Å². The van der Waals surface area contributed by atoms with E-state index in [9.17, 15) is 4.79 Å². The van der Waals surface area contributed by atoms with Crippen molar-refractivity contribution in [2.75, 3.05) is 0 Å². The van der Waals surface area contributed by atoms with E-state index in [1.807, 2.05) is 13.1 Å². The van der Waals surface area contributed by atoms with Crippen molar-refractivity contribution in [1.82, 2.24) is 19.9 Å². The highest BCUT2D eigenvalue weighted by Crippen LogP contribution is 2.18. The second-order valence-electron chi connectivity index (χ2n) is 3.86. The van der Waals surface area contributed by atoms with Crippen LogP contribution in [0.25, 0.3) is 22.5 Å². The van der Waals surface area contributed by atoms with Gasteiger partial charge in [-0.15, -0.1) is 0 Å². The minimum Gasteiger partial charge on any atom is -0.337 e. The van der Waals surface area contributed by atoms with Crippen molar-refractivity contribution < 1.29 is 4.52 Å². The van der Waals surface area contributed by atoms with Crippen molar-refractivity contribution in [3.8, 4) is 11.4 Å². The Hall–Kier alpha value is -2.37. The number of hydrogen-bond donors (Lipinski definition) is 1. The predicted molar refractivity (Wildman–Crippen MR) is 61.6 cm³/mol. The molecule has 3 rings (SSSR count). The molecule has 0 atom stereocenters. The molecule has 0 saturated heterocycles. The maximum Gasteiger partial charge on any atom is 0.240 e. The minimum atomic E-state index is -0.103. The van der Waals surface area contributed by atoms with E-state index in [-0.39, 0.29) is 5.43 Å². The van der Waals surface area contributed by atoms with Crippen LogP contribution < -0.4 is 5.43 Å². The summed E-state index contributed by atoms with van der Waals surface area (Å²) in [7, 11) is 1.81. The first-order valence-electron chi connectivity index (χ1n) is 5.14. The third-order valence-electron chi connectivity index (χ3n) is 2.73. The number of aromatic amines is 1. The average Bonchev–Trinajstić information content (AvgIpc) is 2.85. The molecule has 0 aromatic carbocycles. The zero-order valence-electron chi connectivity index (χ0n) is 9.39. The van der Waals surface area contributed by atoms with Crippen molar-refractivity contribution in [1.29, 1.82) is 0 Å². The quantitative estimate of drug-likeness (QED) is 0.682. The molecule has 3 heterocycles. The summed E-state index contributed by atoms with van der Waals surface area (Å²) < 4.78 is 6.75. The summed E-state index contributed by atoms with van der Waals surface area (Å²) in [4.78, 5) is 15.0. The summed E-state index contributed by atoms with van der Waals surface area (Å²) in [5.74, 6) is 0. The van der Waals surface area contributed by atoms with Crippen molar-refractivity contribution in [2.45, 2.75) is 6.92 Å². The van der Waals surface area contributed by atoms with Gasteiger partial charge in [-0.05, 0) is 13.0 Å². The number of H-pyrrole nitrogens is 1. The van der Waals surface area contributed by atoms with Crippen molar-refractivity contribution in [3.05, 3.63) is 34.2 Å². The topological polar surface area (TPSA) is 76.7 Å². The Labute approximate surface area is 95.9 Å². The molecule has 0 unspecified atom stereocenters. The smallest absolute Gasteiger partial charge is 0.240 e. The van der Waals surface area contributed by atoms with Crippen LogP contribution in [0.2, 0.25) is 0 Å². The van der Waals surface area contributed by atoms with Gasteiger partial charge < -0.3 is 9.51 Å². The molecule has 3 aromatic heterocycles. The van der Waals surface area contributed by atoms with E-state index in [1.54, 1.807) is 17.8 Å². The average molecular weight is 230 g/mol. The molecular formula is C11H10N4O2. The third-order valence-corrected chi connectivity index (χ3v) is 2.73. The lowest BCUT2D eigenvalue weighted by atomic mass is 10.2. The Kier molecular flexibility index (Phi) is 1.91. The Morgan fingerprint density at radius 1 is 1.47 bits per heavy atom. The highest BCUT2D eigenvalue weighted by atomic mass is 16.5. The molecule has 0 fully saturated rings. The van der Waals surface area contributed by atoms with Crippen LogP contribution >= 0.6 is 0 Å². The first-order chi connectivity index (χ1) is 8.16. The summed E-state index contributed by atoms with van der Waals surface area (Å²) >= 11 is 0. The van der Waals surface area contributed by atoms with E-state index in [1.165, 1.54) is 6.07 Å². The van der Waals surface area contributed by atoms with Gasteiger partial charge >= 0.3 is 0 Å². The number of rotatable bonds is 1. The van der Waals surface area contributed by atoms with E-state index < -0.39 is 0 Å².